The first-order valence-corrected chi connectivity index (χ1v) is 12.1. The van der Waals surface area contributed by atoms with Crippen LogP contribution in [0.2, 0.25) is 0 Å². The maximum absolute atomic E-state index is 11.0. The molecule has 0 fully saturated rings. The summed E-state index contributed by atoms with van der Waals surface area (Å²) in [4.78, 5) is 17.8. The van der Waals surface area contributed by atoms with E-state index in [1.807, 2.05) is 18.2 Å². The van der Waals surface area contributed by atoms with E-state index >= 15 is 0 Å². The fourth-order valence-corrected chi connectivity index (χ4v) is 3.72. The molecule has 34 heavy (non-hydrogen) atoms. The maximum Gasteiger partial charge on any atom is 0.472 e. The van der Waals surface area contributed by atoms with Crippen molar-refractivity contribution in [1.82, 2.24) is 5.16 Å². The predicted octanol–water partition coefficient (Wildman–Crippen LogP) is 4.12. The second-order valence-corrected chi connectivity index (χ2v) is 8.96. The monoisotopic (exact) mass is 478 g/mol. The Morgan fingerprint density at radius 3 is 2.53 bits per heavy atom. The number of phosphoric acid groups is 1. The number of phosphoric ester groups is 1. The molecule has 0 spiro atoms. The standard InChI is InChI=1S/C25H24N3O5P/c26-25-23(10-5-15-28(25)18-32-34(29,30)31)24-17-22(27-33-24)16-21-13-11-20(12-14-21)9-4-8-19-6-2-1-3-7-19/h1-7,9-15,17,26H,8,16,18H2,(H2,29,30,31)/p+1. The molecule has 2 aromatic carbocycles. The third-order valence-electron chi connectivity index (χ3n) is 5.18. The van der Waals surface area contributed by atoms with E-state index in [9.17, 15) is 4.57 Å². The van der Waals surface area contributed by atoms with Crippen molar-refractivity contribution in [2.45, 2.75) is 19.6 Å². The Balaban J connectivity index is 1.40. The number of aromatic nitrogens is 2. The van der Waals surface area contributed by atoms with Gasteiger partial charge in [-0.05, 0) is 35.2 Å². The van der Waals surface area contributed by atoms with E-state index in [-0.39, 0.29) is 5.82 Å². The second-order valence-electron chi connectivity index (χ2n) is 7.72. The Morgan fingerprint density at radius 2 is 1.79 bits per heavy atom. The van der Waals surface area contributed by atoms with E-state index < -0.39 is 14.6 Å². The Bertz CT molecular complexity index is 1310. The van der Waals surface area contributed by atoms with Crippen LogP contribution >= 0.6 is 7.82 Å². The van der Waals surface area contributed by atoms with Gasteiger partial charge in [-0.2, -0.15) is 0 Å². The van der Waals surface area contributed by atoms with Crippen LogP contribution in [0.25, 0.3) is 17.4 Å². The molecule has 4 rings (SSSR count). The van der Waals surface area contributed by atoms with Crippen molar-refractivity contribution in [2.24, 2.45) is 0 Å². The van der Waals surface area contributed by atoms with Crippen LogP contribution in [0.1, 0.15) is 22.4 Å². The summed E-state index contributed by atoms with van der Waals surface area (Å²) in [6.45, 7) is -0.392. The van der Waals surface area contributed by atoms with E-state index in [2.05, 4.69) is 58.2 Å². The van der Waals surface area contributed by atoms with Crippen LogP contribution in [0.4, 0.5) is 5.82 Å². The molecule has 0 saturated heterocycles. The van der Waals surface area contributed by atoms with E-state index in [0.29, 0.717) is 17.7 Å². The van der Waals surface area contributed by atoms with E-state index in [1.165, 1.54) is 10.1 Å². The van der Waals surface area contributed by atoms with Crippen LogP contribution in [0.15, 0.2) is 89.6 Å². The van der Waals surface area contributed by atoms with E-state index in [4.69, 9.17) is 20.0 Å². The third kappa shape index (κ3) is 6.50. The lowest BCUT2D eigenvalue weighted by atomic mass is 10.1. The van der Waals surface area contributed by atoms with E-state index in [0.717, 1.165) is 23.2 Å². The highest BCUT2D eigenvalue weighted by Gasteiger charge is 2.20. The number of hydrogen-bond donors (Lipinski definition) is 3. The minimum absolute atomic E-state index is 0.241. The largest absolute Gasteiger partial charge is 0.472 e. The van der Waals surface area contributed by atoms with Crippen LogP contribution < -0.4 is 10.3 Å². The molecule has 4 aromatic rings. The molecule has 0 aliphatic rings. The number of nitrogens with two attached hydrogens (primary N) is 1. The van der Waals surface area contributed by atoms with Crippen molar-refractivity contribution in [3.05, 3.63) is 107 Å². The molecule has 0 unspecified atom stereocenters. The molecule has 8 nitrogen and oxygen atoms in total. The van der Waals surface area contributed by atoms with Crippen molar-refractivity contribution in [3.63, 3.8) is 0 Å². The number of hydrogen-bond acceptors (Lipinski definition) is 5. The van der Waals surface area contributed by atoms with Crippen LogP contribution in [0.5, 0.6) is 0 Å². The molecular formula is C25H25N3O5P+. The molecule has 0 aliphatic carbocycles. The zero-order valence-electron chi connectivity index (χ0n) is 18.3. The summed E-state index contributed by atoms with van der Waals surface area (Å²) in [5.74, 6) is 0.698. The average Bonchev–Trinajstić information content (AvgIpc) is 3.28. The van der Waals surface area contributed by atoms with Gasteiger partial charge in [0.2, 0.25) is 6.73 Å². The minimum Gasteiger partial charge on any atom is -0.356 e. The molecule has 0 saturated carbocycles. The summed E-state index contributed by atoms with van der Waals surface area (Å²) in [6.07, 6.45) is 7.29. The zero-order chi connectivity index (χ0) is 24.0. The van der Waals surface area contributed by atoms with Crippen molar-refractivity contribution >= 4 is 19.7 Å². The Hall–Kier alpha value is -3.55. The quantitative estimate of drug-likeness (QED) is 0.244. The van der Waals surface area contributed by atoms with Crippen LogP contribution in [-0.2, 0) is 28.7 Å². The fraction of sp³-hybridized carbons (Fsp3) is 0.120. The fourth-order valence-electron chi connectivity index (χ4n) is 3.44. The lowest BCUT2D eigenvalue weighted by Gasteiger charge is -2.07. The average molecular weight is 478 g/mol. The molecule has 0 atom stereocenters. The highest BCUT2D eigenvalue weighted by molar-refractivity contribution is 7.46. The number of nitrogens with zero attached hydrogens (tertiary/aromatic N) is 2. The van der Waals surface area contributed by atoms with Gasteiger partial charge in [-0.15, -0.1) is 0 Å². The number of pyridine rings is 1. The van der Waals surface area contributed by atoms with Gasteiger partial charge in [0, 0.05) is 12.5 Å². The van der Waals surface area contributed by atoms with Gasteiger partial charge in [0.15, 0.2) is 5.76 Å². The van der Waals surface area contributed by atoms with Gasteiger partial charge in [-0.25, -0.2) is 13.7 Å². The summed E-state index contributed by atoms with van der Waals surface area (Å²) >= 11 is 0. The van der Waals surface area contributed by atoms with Crippen LogP contribution in [0.3, 0.4) is 0 Å². The van der Waals surface area contributed by atoms with Gasteiger partial charge in [-0.1, -0.05) is 71.9 Å². The topological polar surface area (TPSA) is 123 Å². The molecule has 9 heteroatoms. The van der Waals surface area contributed by atoms with E-state index in [1.54, 1.807) is 24.4 Å². The maximum atomic E-state index is 11.0. The molecule has 2 aromatic heterocycles. The molecule has 4 N–H and O–H groups in total. The van der Waals surface area contributed by atoms with Gasteiger partial charge in [0.25, 0.3) is 5.82 Å². The summed E-state index contributed by atoms with van der Waals surface area (Å²) in [7, 11) is -4.61. The van der Waals surface area contributed by atoms with Crippen molar-refractivity contribution in [3.8, 4) is 11.3 Å². The minimum atomic E-state index is -4.61. The third-order valence-corrected chi connectivity index (χ3v) is 5.63. The number of rotatable bonds is 9. The molecule has 0 bridgehead atoms. The molecule has 174 valence electrons. The predicted molar refractivity (Wildman–Crippen MR) is 128 cm³/mol. The number of nitrogen functional groups attached to an aromatic ring is 1. The first-order valence-electron chi connectivity index (χ1n) is 10.6. The smallest absolute Gasteiger partial charge is 0.356 e. The highest BCUT2D eigenvalue weighted by atomic mass is 31.2. The lowest BCUT2D eigenvalue weighted by Crippen LogP contribution is -2.38. The summed E-state index contributed by atoms with van der Waals surface area (Å²) in [5.41, 5.74) is 10.9. The van der Waals surface area contributed by atoms with Gasteiger partial charge in [0.05, 0.1) is 11.9 Å². The Morgan fingerprint density at radius 1 is 1.03 bits per heavy atom. The summed E-state index contributed by atoms with van der Waals surface area (Å²) < 4.78 is 22.3. The molecule has 0 amide bonds. The Labute approximate surface area is 197 Å². The highest BCUT2D eigenvalue weighted by Crippen LogP contribution is 2.35. The van der Waals surface area contributed by atoms with Gasteiger partial charge < -0.3 is 14.3 Å². The lowest BCUT2D eigenvalue weighted by molar-refractivity contribution is -0.711. The molecular weight excluding hydrogens is 453 g/mol. The summed E-state index contributed by atoms with van der Waals surface area (Å²) in [6, 6.07) is 23.8. The molecule has 0 radical (unpaired) electrons. The molecule has 0 aliphatic heterocycles. The Kier molecular flexibility index (Phi) is 7.35. The van der Waals surface area contributed by atoms with Crippen molar-refractivity contribution < 1.29 is 28.0 Å². The number of allylic oxidation sites excluding steroid dienone is 1. The van der Waals surface area contributed by atoms with Gasteiger partial charge in [0.1, 0.15) is 5.56 Å². The number of anilines is 1. The van der Waals surface area contributed by atoms with Crippen LogP contribution in [-0.4, -0.2) is 14.9 Å². The van der Waals surface area contributed by atoms with Crippen LogP contribution in [0, 0.1) is 0 Å². The first kappa shape index (κ1) is 23.6. The van der Waals surface area contributed by atoms with Crippen molar-refractivity contribution in [1.29, 1.82) is 0 Å². The van der Waals surface area contributed by atoms with Gasteiger partial charge >= 0.3 is 7.82 Å². The number of benzene rings is 2. The summed E-state index contributed by atoms with van der Waals surface area (Å²) in [5, 5.41) is 4.14. The first-order chi connectivity index (χ1) is 16.4. The molecule has 2 heterocycles. The SMILES string of the molecule is Nc1c(-c2cc(Cc3ccc(C=CCc4ccccc4)cc3)no2)ccc[n+]1COP(=O)(O)O. The van der Waals surface area contributed by atoms with Crippen molar-refractivity contribution in [2.75, 3.05) is 5.73 Å². The zero-order valence-corrected chi connectivity index (χ0v) is 19.2. The van der Waals surface area contributed by atoms with Gasteiger partial charge in [-0.3, -0.25) is 5.73 Å². The second kappa shape index (κ2) is 10.6. The normalized spacial score (nSPS) is 11.8.